The molecule has 11 heavy (non-hydrogen) atoms. The Morgan fingerprint density at radius 1 is 1.55 bits per heavy atom. The van der Waals surface area contributed by atoms with Crippen molar-refractivity contribution in [3.05, 3.63) is 12.2 Å². The number of hydrogen-bond donors (Lipinski definition) is 0. The van der Waals surface area contributed by atoms with E-state index in [2.05, 4.69) is 0 Å². The lowest BCUT2D eigenvalue weighted by atomic mass is 10.1. The fourth-order valence-corrected chi connectivity index (χ4v) is 1.28. The first-order valence-electron chi connectivity index (χ1n) is 3.68. The van der Waals surface area contributed by atoms with E-state index < -0.39 is 0 Å². The number of halogens is 1. The van der Waals surface area contributed by atoms with E-state index in [1.165, 1.54) is 6.92 Å². The zero-order chi connectivity index (χ0) is 8.27. The highest BCUT2D eigenvalue weighted by Crippen LogP contribution is 2.18. The van der Waals surface area contributed by atoms with Gasteiger partial charge in [-0.05, 0) is 18.9 Å². The summed E-state index contributed by atoms with van der Waals surface area (Å²) in [7, 11) is 0. The molecule has 0 saturated heterocycles. The van der Waals surface area contributed by atoms with E-state index in [1.54, 1.807) is 0 Å². The predicted octanol–water partition coefficient (Wildman–Crippen LogP) is 1.88. The Bertz CT molecular complexity index is 177. The van der Waals surface area contributed by atoms with Crippen molar-refractivity contribution in [3.8, 4) is 0 Å². The second kappa shape index (κ2) is 3.77. The fraction of sp³-hybridized carbons (Fsp3) is 0.625. The zero-order valence-electron chi connectivity index (χ0n) is 6.42. The summed E-state index contributed by atoms with van der Waals surface area (Å²) < 4.78 is 4.96. The Hall–Kier alpha value is -0.500. The molecule has 1 aliphatic carbocycles. The molecule has 3 heteroatoms. The molecule has 0 aliphatic heterocycles. The van der Waals surface area contributed by atoms with E-state index >= 15 is 0 Å². The highest BCUT2D eigenvalue weighted by molar-refractivity contribution is 6.21. The average Bonchev–Trinajstić information content (AvgIpc) is 1.93. The van der Waals surface area contributed by atoms with E-state index in [4.69, 9.17) is 16.3 Å². The topological polar surface area (TPSA) is 26.3 Å². The molecular formula is C8H11ClO2. The highest BCUT2D eigenvalue weighted by Gasteiger charge is 2.15. The van der Waals surface area contributed by atoms with Crippen molar-refractivity contribution in [1.29, 1.82) is 0 Å². The SMILES string of the molecule is CC(=O)O[C@@H]1C=C[C@H](Cl)CC1. The van der Waals surface area contributed by atoms with Gasteiger partial charge in [0, 0.05) is 6.92 Å². The Balaban J connectivity index is 2.38. The Morgan fingerprint density at radius 3 is 2.73 bits per heavy atom. The molecular weight excluding hydrogens is 164 g/mol. The molecule has 0 aromatic carbocycles. The number of carbonyl (C=O) groups is 1. The molecule has 1 aliphatic rings. The second-order valence-corrected chi connectivity index (χ2v) is 3.19. The van der Waals surface area contributed by atoms with Crippen molar-refractivity contribution < 1.29 is 9.53 Å². The van der Waals surface area contributed by atoms with Gasteiger partial charge in [-0.15, -0.1) is 11.6 Å². The van der Waals surface area contributed by atoms with Gasteiger partial charge in [-0.2, -0.15) is 0 Å². The molecule has 1 rings (SSSR count). The van der Waals surface area contributed by atoms with Crippen LogP contribution in [0.25, 0.3) is 0 Å². The molecule has 0 heterocycles. The molecule has 0 N–H and O–H groups in total. The monoisotopic (exact) mass is 174 g/mol. The molecule has 0 unspecified atom stereocenters. The van der Waals surface area contributed by atoms with Gasteiger partial charge in [0.15, 0.2) is 0 Å². The summed E-state index contributed by atoms with van der Waals surface area (Å²) in [5.41, 5.74) is 0. The van der Waals surface area contributed by atoms with Gasteiger partial charge in [0.05, 0.1) is 5.38 Å². The van der Waals surface area contributed by atoms with Crippen molar-refractivity contribution in [2.24, 2.45) is 0 Å². The molecule has 0 fully saturated rings. The van der Waals surface area contributed by atoms with Gasteiger partial charge < -0.3 is 4.74 Å². The maximum absolute atomic E-state index is 10.5. The summed E-state index contributed by atoms with van der Waals surface area (Å²) in [4.78, 5) is 10.5. The molecule has 0 amide bonds. The van der Waals surface area contributed by atoms with Gasteiger partial charge in [-0.3, -0.25) is 4.79 Å². The van der Waals surface area contributed by atoms with Gasteiger partial charge in [0.1, 0.15) is 6.10 Å². The van der Waals surface area contributed by atoms with Gasteiger partial charge >= 0.3 is 5.97 Å². The zero-order valence-corrected chi connectivity index (χ0v) is 7.17. The van der Waals surface area contributed by atoms with Crippen molar-refractivity contribution in [2.75, 3.05) is 0 Å². The van der Waals surface area contributed by atoms with Crippen LogP contribution in [0, 0.1) is 0 Å². The number of alkyl halides is 1. The number of ether oxygens (including phenoxy) is 1. The van der Waals surface area contributed by atoms with Gasteiger partial charge in [0.2, 0.25) is 0 Å². The number of carbonyl (C=O) groups excluding carboxylic acids is 1. The number of rotatable bonds is 1. The van der Waals surface area contributed by atoms with E-state index in [0.717, 1.165) is 12.8 Å². The van der Waals surface area contributed by atoms with Crippen LogP contribution in [-0.2, 0) is 9.53 Å². The van der Waals surface area contributed by atoms with Crippen LogP contribution < -0.4 is 0 Å². The molecule has 2 nitrogen and oxygen atoms in total. The minimum atomic E-state index is -0.229. The Morgan fingerprint density at radius 2 is 2.27 bits per heavy atom. The van der Waals surface area contributed by atoms with Crippen molar-refractivity contribution >= 4 is 17.6 Å². The molecule has 2 atom stereocenters. The number of esters is 1. The smallest absolute Gasteiger partial charge is 0.303 e. The summed E-state index contributed by atoms with van der Waals surface area (Å²) in [5.74, 6) is -0.229. The largest absolute Gasteiger partial charge is 0.458 e. The number of hydrogen-bond acceptors (Lipinski definition) is 2. The van der Waals surface area contributed by atoms with Crippen molar-refractivity contribution in [2.45, 2.75) is 31.2 Å². The summed E-state index contributed by atoms with van der Waals surface area (Å²) in [6.45, 7) is 1.42. The van der Waals surface area contributed by atoms with E-state index in [9.17, 15) is 4.79 Å². The normalized spacial score (nSPS) is 30.0. The summed E-state index contributed by atoms with van der Waals surface area (Å²) in [5, 5.41) is 0.113. The van der Waals surface area contributed by atoms with E-state index in [0.29, 0.717) is 0 Å². The summed E-state index contributed by atoms with van der Waals surface area (Å²) in [6.07, 6.45) is 5.39. The lowest BCUT2D eigenvalue weighted by Gasteiger charge is -2.18. The maximum Gasteiger partial charge on any atom is 0.303 e. The van der Waals surface area contributed by atoms with Crippen LogP contribution in [0.15, 0.2) is 12.2 Å². The Kier molecular flexibility index (Phi) is 2.94. The second-order valence-electron chi connectivity index (χ2n) is 2.63. The molecule has 0 saturated carbocycles. The van der Waals surface area contributed by atoms with Crippen LogP contribution in [-0.4, -0.2) is 17.5 Å². The molecule has 62 valence electrons. The third kappa shape index (κ3) is 2.93. The van der Waals surface area contributed by atoms with Gasteiger partial charge in [-0.25, -0.2) is 0 Å². The highest BCUT2D eigenvalue weighted by atomic mass is 35.5. The molecule has 0 radical (unpaired) electrons. The first-order valence-corrected chi connectivity index (χ1v) is 4.12. The van der Waals surface area contributed by atoms with Crippen LogP contribution in [0.5, 0.6) is 0 Å². The lowest BCUT2D eigenvalue weighted by Crippen LogP contribution is -2.18. The van der Waals surface area contributed by atoms with E-state index in [1.807, 2.05) is 12.2 Å². The molecule has 0 aromatic heterocycles. The minimum absolute atomic E-state index is 0.0532. The summed E-state index contributed by atoms with van der Waals surface area (Å²) in [6, 6.07) is 0. The third-order valence-corrected chi connectivity index (χ3v) is 1.94. The lowest BCUT2D eigenvalue weighted by molar-refractivity contribution is -0.144. The van der Waals surface area contributed by atoms with E-state index in [-0.39, 0.29) is 17.5 Å². The molecule has 0 spiro atoms. The predicted molar refractivity (Wildman–Crippen MR) is 43.6 cm³/mol. The average molecular weight is 175 g/mol. The van der Waals surface area contributed by atoms with Crippen LogP contribution in [0.4, 0.5) is 0 Å². The van der Waals surface area contributed by atoms with Gasteiger partial charge in [0.25, 0.3) is 0 Å². The maximum atomic E-state index is 10.5. The van der Waals surface area contributed by atoms with Crippen LogP contribution in [0.2, 0.25) is 0 Å². The Labute approximate surface area is 71.2 Å². The van der Waals surface area contributed by atoms with Gasteiger partial charge in [-0.1, -0.05) is 6.08 Å². The van der Waals surface area contributed by atoms with Crippen LogP contribution in [0.1, 0.15) is 19.8 Å². The van der Waals surface area contributed by atoms with Crippen LogP contribution in [0.3, 0.4) is 0 Å². The molecule has 0 aromatic rings. The minimum Gasteiger partial charge on any atom is -0.458 e. The summed E-state index contributed by atoms with van der Waals surface area (Å²) >= 11 is 5.79. The van der Waals surface area contributed by atoms with Crippen molar-refractivity contribution in [3.63, 3.8) is 0 Å². The van der Waals surface area contributed by atoms with Crippen LogP contribution >= 0.6 is 11.6 Å². The third-order valence-electron chi connectivity index (χ3n) is 1.58. The fourth-order valence-electron chi connectivity index (χ4n) is 1.07. The number of allylic oxidation sites excluding steroid dienone is 1. The quantitative estimate of drug-likeness (QED) is 0.345. The molecule has 0 bridgehead atoms. The van der Waals surface area contributed by atoms with Crippen molar-refractivity contribution in [1.82, 2.24) is 0 Å². The first-order chi connectivity index (χ1) is 5.18. The first kappa shape index (κ1) is 8.60. The standard InChI is InChI=1S/C8H11ClO2/c1-6(10)11-8-4-2-7(9)3-5-8/h2,4,7-8H,3,5H2,1H3/t7-,8+/m0/s1.